The smallest absolute Gasteiger partial charge is 0.276 e. The van der Waals surface area contributed by atoms with Crippen LogP contribution in [0, 0.1) is 16.2 Å². The number of nitrogens with one attached hydrogen (secondary N) is 1. The largest absolute Gasteiger partial charge is 0.381 e. The summed E-state index contributed by atoms with van der Waals surface area (Å²) in [4.78, 5) is 30.9. The molecule has 0 spiro atoms. The maximum atomic E-state index is 12.9. The summed E-state index contributed by atoms with van der Waals surface area (Å²) in [6.45, 7) is 7.83. The molecule has 0 saturated carbocycles. The van der Waals surface area contributed by atoms with E-state index in [1.54, 1.807) is 13.1 Å². The number of fused-ring (bicyclic) bond motifs is 1. The maximum Gasteiger partial charge on any atom is 0.276 e. The molecule has 3 heterocycles. The van der Waals surface area contributed by atoms with Crippen LogP contribution in [0.15, 0.2) is 40.3 Å². The van der Waals surface area contributed by atoms with Gasteiger partial charge in [0.05, 0.1) is 16.7 Å². The molecule has 1 aliphatic carbocycles. The van der Waals surface area contributed by atoms with Gasteiger partial charge in [0.25, 0.3) is 5.91 Å². The van der Waals surface area contributed by atoms with Crippen LogP contribution in [0.25, 0.3) is 5.57 Å². The number of hydrogen-bond donors (Lipinski definition) is 1. The number of pyridine rings is 1. The number of carbonyl (C=O) groups is 1. The molecule has 9 heteroatoms. The molecule has 2 aromatic heterocycles. The molecule has 0 radical (unpaired) electrons. The lowest BCUT2D eigenvalue weighted by molar-refractivity contribution is 0.0708. The number of amides is 1. The van der Waals surface area contributed by atoms with Crippen molar-refractivity contribution < 1.29 is 9.32 Å². The molecule has 1 aliphatic heterocycles. The lowest BCUT2D eigenvalue weighted by atomic mass is 9.82. The first kappa shape index (κ1) is 22.0. The molecule has 1 saturated heterocycles. The van der Waals surface area contributed by atoms with Crippen LogP contribution in [0.2, 0.25) is 0 Å². The zero-order chi connectivity index (χ0) is 22.9. The summed E-state index contributed by atoms with van der Waals surface area (Å²) in [5.74, 6) is 0.605. The third kappa shape index (κ3) is 4.37. The Hall–Kier alpha value is -3.23. The minimum Gasteiger partial charge on any atom is -0.381 e. The second-order valence-electron chi connectivity index (χ2n) is 9.67. The third-order valence-corrected chi connectivity index (χ3v) is 6.10. The van der Waals surface area contributed by atoms with Gasteiger partial charge in [-0.1, -0.05) is 32.0 Å². The summed E-state index contributed by atoms with van der Waals surface area (Å²) in [5, 5.41) is 11.5. The summed E-state index contributed by atoms with van der Waals surface area (Å²) < 4.78 is 4.86. The highest BCUT2D eigenvalue weighted by molar-refractivity contribution is 5.93. The number of allylic oxidation sites excluding steroid dienone is 1. The molecule has 0 aromatic carbocycles. The zero-order valence-electron chi connectivity index (χ0n) is 19.0. The molecular weight excluding hydrogens is 408 g/mol. The minimum absolute atomic E-state index is 0.0753. The molecule has 1 amide bonds. The van der Waals surface area contributed by atoms with Crippen LogP contribution in [0.1, 0.15) is 56.2 Å². The van der Waals surface area contributed by atoms with Gasteiger partial charge in [-0.3, -0.25) is 4.79 Å². The van der Waals surface area contributed by atoms with Crippen LogP contribution in [0.5, 0.6) is 0 Å². The molecule has 4 rings (SSSR count). The second kappa shape index (κ2) is 8.72. The minimum atomic E-state index is -0.0900. The van der Waals surface area contributed by atoms with E-state index in [4.69, 9.17) is 9.51 Å². The Morgan fingerprint density at radius 1 is 1.31 bits per heavy atom. The molecule has 0 bridgehead atoms. The number of nitrogens with zero attached hydrogens (tertiary/aromatic N) is 5. The molecule has 2 unspecified atom stereocenters. The van der Waals surface area contributed by atoms with Crippen molar-refractivity contribution in [1.29, 1.82) is 0 Å². The van der Waals surface area contributed by atoms with Gasteiger partial charge in [-0.25, -0.2) is 9.99 Å². The monoisotopic (exact) mass is 438 g/mol. The predicted octanol–water partition coefficient (Wildman–Crippen LogP) is 4.35. The number of likely N-dealkylation sites (tertiary alicyclic amines) is 1. The first-order valence-corrected chi connectivity index (χ1v) is 11.0. The van der Waals surface area contributed by atoms with Gasteiger partial charge in [-0.15, -0.1) is 4.91 Å². The lowest BCUT2D eigenvalue weighted by Gasteiger charge is -2.32. The van der Waals surface area contributed by atoms with Crippen molar-refractivity contribution >= 4 is 23.0 Å². The average molecular weight is 439 g/mol. The van der Waals surface area contributed by atoms with Crippen LogP contribution in [0.4, 0.5) is 11.5 Å². The molecule has 2 aromatic rings. The zero-order valence-corrected chi connectivity index (χ0v) is 19.0. The standard InChI is InChI=1S/C23H30N6O3/c1-23(2,3)14-24-18-9-8-17(25-21(18)28(4)27-31)15-6-5-7-20-16(15)10-12-29(20)22(30)19-11-13-32-26-19/h6,8-9,11,13,16,20,24H,5,7,10,12,14H2,1-4H3. The molecule has 1 N–H and O–H groups in total. The highest BCUT2D eigenvalue weighted by Gasteiger charge is 2.41. The number of nitroso groups, excluding NO2 is 1. The van der Waals surface area contributed by atoms with Crippen molar-refractivity contribution in [3.63, 3.8) is 0 Å². The topological polar surface area (TPSA) is 104 Å². The van der Waals surface area contributed by atoms with Crippen LogP contribution < -0.4 is 10.3 Å². The van der Waals surface area contributed by atoms with E-state index in [1.165, 1.54) is 11.3 Å². The molecule has 170 valence electrons. The van der Waals surface area contributed by atoms with Gasteiger partial charge < -0.3 is 14.7 Å². The molecule has 9 nitrogen and oxygen atoms in total. The fourth-order valence-electron chi connectivity index (χ4n) is 4.54. The van der Waals surface area contributed by atoms with Crippen molar-refractivity contribution in [1.82, 2.24) is 15.0 Å². The van der Waals surface area contributed by atoms with Gasteiger partial charge in [0, 0.05) is 38.2 Å². The van der Waals surface area contributed by atoms with Gasteiger partial charge in [-0.05, 0) is 42.4 Å². The van der Waals surface area contributed by atoms with Crippen LogP contribution in [-0.4, -0.2) is 47.1 Å². The Balaban J connectivity index is 1.60. The number of rotatable bonds is 6. The Kier molecular flexibility index (Phi) is 5.99. The van der Waals surface area contributed by atoms with Crippen LogP contribution >= 0.6 is 0 Å². The van der Waals surface area contributed by atoms with Crippen molar-refractivity contribution in [3.8, 4) is 0 Å². The average Bonchev–Trinajstić information content (AvgIpc) is 3.46. The van der Waals surface area contributed by atoms with Crippen LogP contribution in [0.3, 0.4) is 0 Å². The summed E-state index contributed by atoms with van der Waals surface area (Å²) >= 11 is 0. The summed E-state index contributed by atoms with van der Waals surface area (Å²) in [7, 11) is 1.60. The van der Waals surface area contributed by atoms with Gasteiger partial charge in [-0.2, -0.15) is 0 Å². The van der Waals surface area contributed by atoms with Crippen molar-refractivity contribution in [2.45, 2.75) is 46.1 Å². The van der Waals surface area contributed by atoms with Gasteiger partial charge >= 0.3 is 0 Å². The third-order valence-electron chi connectivity index (χ3n) is 6.10. The number of hydrogen-bond acceptors (Lipinski definition) is 7. The SMILES string of the molecule is CN(N=O)c1nc(C2=CCCC3C2CCN3C(=O)c2ccon2)ccc1NCC(C)(C)C. The summed E-state index contributed by atoms with van der Waals surface area (Å²) in [5.41, 5.74) is 3.14. The second-order valence-corrected chi connectivity index (χ2v) is 9.67. The Labute approximate surface area is 187 Å². The molecule has 32 heavy (non-hydrogen) atoms. The molecule has 2 atom stereocenters. The first-order valence-electron chi connectivity index (χ1n) is 11.0. The first-order chi connectivity index (χ1) is 15.3. The van der Waals surface area contributed by atoms with E-state index in [-0.39, 0.29) is 23.3 Å². The van der Waals surface area contributed by atoms with Gasteiger partial charge in [0.1, 0.15) is 6.26 Å². The number of carbonyl (C=O) groups excluding carboxylic acids is 1. The van der Waals surface area contributed by atoms with E-state index < -0.39 is 0 Å². The quantitative estimate of drug-likeness (QED) is 0.528. The molecule has 1 fully saturated rings. The van der Waals surface area contributed by atoms with Crippen molar-refractivity contribution in [3.05, 3.63) is 46.8 Å². The molecule has 2 aliphatic rings. The highest BCUT2D eigenvalue weighted by Crippen LogP contribution is 2.42. The van der Waals surface area contributed by atoms with E-state index >= 15 is 0 Å². The van der Waals surface area contributed by atoms with Crippen molar-refractivity contribution in [2.75, 3.05) is 30.5 Å². The van der Waals surface area contributed by atoms with Crippen LogP contribution in [-0.2, 0) is 0 Å². The van der Waals surface area contributed by atoms with E-state index in [0.29, 0.717) is 18.1 Å². The predicted molar refractivity (Wildman–Crippen MR) is 123 cm³/mol. The molecular formula is C23H30N6O3. The fourth-order valence-corrected chi connectivity index (χ4v) is 4.54. The van der Waals surface area contributed by atoms with E-state index in [1.807, 2.05) is 17.0 Å². The Morgan fingerprint density at radius 3 is 2.81 bits per heavy atom. The Morgan fingerprint density at radius 2 is 2.12 bits per heavy atom. The highest BCUT2D eigenvalue weighted by atomic mass is 16.5. The number of anilines is 2. The van der Waals surface area contributed by atoms with Gasteiger partial charge in [0.2, 0.25) is 0 Å². The van der Waals surface area contributed by atoms with Crippen molar-refractivity contribution in [2.24, 2.45) is 16.6 Å². The maximum absolute atomic E-state index is 12.9. The van der Waals surface area contributed by atoms with E-state index in [9.17, 15) is 9.70 Å². The fraction of sp³-hybridized carbons (Fsp3) is 0.522. The van der Waals surface area contributed by atoms with E-state index in [2.05, 4.69) is 42.6 Å². The Bertz CT molecular complexity index is 1010. The normalized spacial score (nSPS) is 20.5. The number of aromatic nitrogens is 2. The summed E-state index contributed by atoms with van der Waals surface area (Å²) in [6.07, 6.45) is 6.27. The van der Waals surface area contributed by atoms with E-state index in [0.717, 1.165) is 42.8 Å². The summed E-state index contributed by atoms with van der Waals surface area (Å²) in [6, 6.07) is 5.66. The van der Waals surface area contributed by atoms with Gasteiger partial charge in [0.15, 0.2) is 11.5 Å². The lowest BCUT2D eigenvalue weighted by Crippen LogP contribution is -2.39.